The van der Waals surface area contributed by atoms with Crippen molar-refractivity contribution < 1.29 is 4.42 Å². The first-order valence-corrected chi connectivity index (χ1v) is 10.6. The van der Waals surface area contributed by atoms with Gasteiger partial charge in [-0.25, -0.2) is 4.98 Å². The normalized spacial score (nSPS) is 11.0. The second-order valence-corrected chi connectivity index (χ2v) is 8.40. The van der Waals surface area contributed by atoms with E-state index in [4.69, 9.17) is 16.0 Å². The fourth-order valence-corrected chi connectivity index (χ4v) is 4.41. The molecule has 0 aliphatic carbocycles. The van der Waals surface area contributed by atoms with Crippen LogP contribution in [0.15, 0.2) is 68.0 Å². The molecule has 0 unspecified atom stereocenters. The number of nitrogens with zero attached hydrogens (tertiary/aromatic N) is 3. The van der Waals surface area contributed by atoms with Gasteiger partial charge in [0.2, 0.25) is 5.89 Å². The molecule has 0 radical (unpaired) electrons. The molecule has 0 bridgehead atoms. The number of thioether (sulfide) groups is 1. The molecule has 8 heteroatoms. The van der Waals surface area contributed by atoms with Crippen LogP contribution in [0.3, 0.4) is 0 Å². The lowest BCUT2D eigenvalue weighted by Crippen LogP contribution is -1.83. The van der Waals surface area contributed by atoms with Crippen molar-refractivity contribution in [1.29, 1.82) is 0 Å². The van der Waals surface area contributed by atoms with Crippen molar-refractivity contribution in [2.45, 2.75) is 11.0 Å². The Kier molecular flexibility index (Phi) is 5.40. The summed E-state index contributed by atoms with van der Waals surface area (Å²) in [5.74, 6) is 1.16. The monoisotopic (exact) mass is 463 g/mol. The average molecular weight is 465 g/mol. The highest BCUT2D eigenvalue weighted by Crippen LogP contribution is 2.32. The summed E-state index contributed by atoms with van der Waals surface area (Å²) < 4.78 is 6.73. The third kappa shape index (κ3) is 4.01. The molecule has 4 nitrogen and oxygen atoms in total. The van der Waals surface area contributed by atoms with E-state index in [2.05, 4.69) is 31.1 Å². The standard InChI is InChI=1S/C18H11BrClN3OS2/c19-12-7-5-11(6-8-12)16-22-23-18(24-16)26-10-13-9-25-17(21-13)14-3-1-2-4-15(14)20/h1-9H,10H2. The van der Waals surface area contributed by atoms with E-state index in [0.717, 1.165) is 26.3 Å². The van der Waals surface area contributed by atoms with E-state index >= 15 is 0 Å². The molecule has 0 aliphatic rings. The smallest absolute Gasteiger partial charge is 0.277 e. The van der Waals surface area contributed by atoms with Crippen LogP contribution < -0.4 is 0 Å². The third-order valence-electron chi connectivity index (χ3n) is 3.50. The Hall–Kier alpha value is -1.67. The molecule has 0 atom stereocenters. The minimum Gasteiger partial charge on any atom is -0.411 e. The first kappa shape index (κ1) is 17.7. The topological polar surface area (TPSA) is 51.8 Å². The molecule has 0 spiro atoms. The number of rotatable bonds is 5. The summed E-state index contributed by atoms with van der Waals surface area (Å²) in [5.41, 5.74) is 2.80. The molecule has 0 fully saturated rings. The van der Waals surface area contributed by atoms with E-state index in [1.165, 1.54) is 11.8 Å². The van der Waals surface area contributed by atoms with Gasteiger partial charge in [0.1, 0.15) is 5.01 Å². The molecule has 0 N–H and O–H groups in total. The van der Waals surface area contributed by atoms with E-state index in [9.17, 15) is 0 Å². The predicted molar refractivity (Wildman–Crippen MR) is 110 cm³/mol. The van der Waals surface area contributed by atoms with E-state index in [1.54, 1.807) is 11.3 Å². The number of halogens is 2. The van der Waals surface area contributed by atoms with Gasteiger partial charge in [0.05, 0.1) is 10.7 Å². The zero-order valence-corrected chi connectivity index (χ0v) is 17.2. The number of hydrogen-bond donors (Lipinski definition) is 0. The second kappa shape index (κ2) is 7.92. The van der Waals surface area contributed by atoms with Gasteiger partial charge < -0.3 is 4.42 Å². The van der Waals surface area contributed by atoms with Gasteiger partial charge in [0, 0.05) is 26.7 Å². The minimum absolute atomic E-state index is 0.509. The van der Waals surface area contributed by atoms with Crippen LogP contribution in [0.2, 0.25) is 5.02 Å². The molecular weight excluding hydrogens is 454 g/mol. The average Bonchev–Trinajstić information content (AvgIpc) is 3.30. The van der Waals surface area contributed by atoms with E-state index in [0.29, 0.717) is 21.9 Å². The van der Waals surface area contributed by atoms with E-state index in [1.807, 2.05) is 53.9 Å². The van der Waals surface area contributed by atoms with Gasteiger partial charge in [0.15, 0.2) is 0 Å². The Labute approximate surface area is 171 Å². The third-order valence-corrected chi connectivity index (χ3v) is 6.13. The molecule has 2 heterocycles. The van der Waals surface area contributed by atoms with Crippen molar-refractivity contribution in [3.8, 4) is 22.0 Å². The number of thiazole rings is 1. The molecule has 4 rings (SSSR count). The molecule has 2 aromatic heterocycles. The van der Waals surface area contributed by atoms with Crippen LogP contribution in [-0.2, 0) is 5.75 Å². The number of hydrogen-bond acceptors (Lipinski definition) is 6. The predicted octanol–water partition coefficient (Wildman–Crippen LogP) is 6.57. The molecule has 130 valence electrons. The fourth-order valence-electron chi connectivity index (χ4n) is 2.24. The van der Waals surface area contributed by atoms with Gasteiger partial charge in [-0.15, -0.1) is 21.5 Å². The summed E-state index contributed by atoms with van der Waals surface area (Å²) in [7, 11) is 0. The SMILES string of the molecule is Clc1ccccc1-c1nc(CSc2nnc(-c3ccc(Br)cc3)o2)cs1. The van der Waals surface area contributed by atoms with Gasteiger partial charge in [-0.1, -0.05) is 57.5 Å². The van der Waals surface area contributed by atoms with Gasteiger partial charge in [-0.3, -0.25) is 0 Å². The van der Waals surface area contributed by atoms with Crippen LogP contribution in [0, 0.1) is 0 Å². The Morgan fingerprint density at radius 2 is 1.88 bits per heavy atom. The fraction of sp³-hybridized carbons (Fsp3) is 0.0556. The maximum atomic E-state index is 6.24. The molecule has 0 aliphatic heterocycles. The summed E-state index contributed by atoms with van der Waals surface area (Å²) in [6.07, 6.45) is 0. The Morgan fingerprint density at radius 1 is 1.08 bits per heavy atom. The van der Waals surface area contributed by atoms with Crippen molar-refractivity contribution >= 4 is 50.6 Å². The quantitative estimate of drug-likeness (QED) is 0.313. The van der Waals surface area contributed by atoms with Crippen molar-refractivity contribution in [2.24, 2.45) is 0 Å². The van der Waals surface area contributed by atoms with Gasteiger partial charge in [0.25, 0.3) is 5.22 Å². The van der Waals surface area contributed by atoms with Crippen molar-refractivity contribution in [2.75, 3.05) is 0 Å². The summed E-state index contributed by atoms with van der Waals surface area (Å²) in [6.45, 7) is 0. The van der Waals surface area contributed by atoms with Crippen LogP contribution >= 0.6 is 50.6 Å². The zero-order valence-electron chi connectivity index (χ0n) is 13.2. The van der Waals surface area contributed by atoms with Gasteiger partial charge >= 0.3 is 0 Å². The summed E-state index contributed by atoms with van der Waals surface area (Å²) in [5, 5.41) is 12.4. The molecule has 0 saturated heterocycles. The highest BCUT2D eigenvalue weighted by atomic mass is 79.9. The molecule has 26 heavy (non-hydrogen) atoms. The number of benzene rings is 2. The lowest BCUT2D eigenvalue weighted by atomic mass is 10.2. The molecule has 4 aromatic rings. The molecule has 0 amide bonds. The lowest BCUT2D eigenvalue weighted by molar-refractivity contribution is 0.466. The largest absolute Gasteiger partial charge is 0.411 e. The van der Waals surface area contributed by atoms with Crippen LogP contribution in [-0.4, -0.2) is 15.2 Å². The Bertz CT molecular complexity index is 1030. The molecule has 0 saturated carbocycles. The minimum atomic E-state index is 0.509. The first-order valence-electron chi connectivity index (χ1n) is 7.60. The van der Waals surface area contributed by atoms with Crippen LogP contribution in [0.1, 0.15) is 5.69 Å². The summed E-state index contributed by atoms with van der Waals surface area (Å²) >= 11 is 12.7. The highest BCUT2D eigenvalue weighted by Gasteiger charge is 2.12. The second-order valence-electron chi connectivity index (χ2n) is 5.29. The molecule has 2 aromatic carbocycles. The lowest BCUT2D eigenvalue weighted by Gasteiger charge is -1.98. The van der Waals surface area contributed by atoms with E-state index in [-0.39, 0.29) is 0 Å². The maximum absolute atomic E-state index is 6.24. The zero-order chi connectivity index (χ0) is 17.9. The van der Waals surface area contributed by atoms with Crippen molar-refractivity contribution in [1.82, 2.24) is 15.2 Å². The van der Waals surface area contributed by atoms with Crippen molar-refractivity contribution in [3.63, 3.8) is 0 Å². The number of aromatic nitrogens is 3. The van der Waals surface area contributed by atoms with Crippen LogP contribution in [0.4, 0.5) is 0 Å². The maximum Gasteiger partial charge on any atom is 0.277 e. The highest BCUT2D eigenvalue weighted by molar-refractivity contribution is 9.10. The van der Waals surface area contributed by atoms with E-state index < -0.39 is 0 Å². The molecular formula is C18H11BrClN3OS2. The van der Waals surface area contributed by atoms with Crippen molar-refractivity contribution in [3.05, 3.63) is 69.1 Å². The summed E-state index contributed by atoms with van der Waals surface area (Å²) in [4.78, 5) is 4.65. The Balaban J connectivity index is 1.44. The Morgan fingerprint density at radius 3 is 2.69 bits per heavy atom. The summed E-state index contributed by atoms with van der Waals surface area (Å²) in [6, 6.07) is 15.5. The van der Waals surface area contributed by atoms with Crippen LogP contribution in [0.25, 0.3) is 22.0 Å². The van der Waals surface area contributed by atoms with Gasteiger partial charge in [-0.05, 0) is 30.3 Å². The van der Waals surface area contributed by atoms with Gasteiger partial charge in [-0.2, -0.15) is 0 Å². The first-order chi connectivity index (χ1) is 12.7. The van der Waals surface area contributed by atoms with Crippen LogP contribution in [0.5, 0.6) is 0 Å².